The molecule has 188 valence electrons. The Morgan fingerprint density at radius 2 is 2.16 bits per heavy atom. The van der Waals surface area contributed by atoms with Crippen LogP contribution in [0.4, 0.5) is 0 Å². The van der Waals surface area contributed by atoms with Crippen LogP contribution in [0.2, 0.25) is 5.02 Å². The second kappa shape index (κ2) is 9.40. The number of carbonyl (C=O) groups is 1. The van der Waals surface area contributed by atoms with Gasteiger partial charge in [-0.25, -0.2) is 9.97 Å². The molecule has 10 heteroatoms. The molecule has 1 saturated carbocycles. The van der Waals surface area contributed by atoms with Crippen LogP contribution in [-0.4, -0.2) is 41.1 Å². The fraction of sp³-hybridized carbons (Fsp3) is 0.259. The topological polar surface area (TPSA) is 90.8 Å². The normalized spacial score (nSPS) is 16.8. The zero-order valence-electron chi connectivity index (χ0n) is 20.3. The van der Waals surface area contributed by atoms with E-state index in [1.807, 2.05) is 46.4 Å². The number of hydrogen-bond donors (Lipinski definition) is 1. The van der Waals surface area contributed by atoms with E-state index in [4.69, 9.17) is 21.3 Å². The average Bonchev–Trinajstić information content (AvgIpc) is 3.17. The average molecular weight is 516 g/mol. The van der Waals surface area contributed by atoms with Crippen molar-refractivity contribution in [3.8, 4) is 0 Å². The SMILES string of the molecule is C=C(OCC)C1CC1c1cccn2cc(Cn3cc(C(=O)NCc4ncn5ccc(Cl)cc45)cn3)nc12. The molecule has 5 heterocycles. The lowest BCUT2D eigenvalue weighted by Gasteiger charge is -2.06. The summed E-state index contributed by atoms with van der Waals surface area (Å²) in [6, 6.07) is 7.79. The van der Waals surface area contributed by atoms with Gasteiger partial charge in [-0.05, 0) is 43.0 Å². The molecule has 5 aromatic rings. The summed E-state index contributed by atoms with van der Waals surface area (Å²) in [4.78, 5) is 22.0. The van der Waals surface area contributed by atoms with Gasteiger partial charge in [0.25, 0.3) is 5.91 Å². The van der Waals surface area contributed by atoms with E-state index in [1.54, 1.807) is 29.5 Å². The molecule has 1 amide bonds. The minimum Gasteiger partial charge on any atom is -0.499 e. The van der Waals surface area contributed by atoms with Crippen molar-refractivity contribution in [3.05, 3.63) is 101 Å². The molecule has 1 fully saturated rings. The smallest absolute Gasteiger partial charge is 0.254 e. The summed E-state index contributed by atoms with van der Waals surface area (Å²) in [6.07, 6.45) is 11.9. The lowest BCUT2D eigenvalue weighted by atomic mass is 10.1. The number of aromatic nitrogens is 6. The molecule has 37 heavy (non-hydrogen) atoms. The van der Waals surface area contributed by atoms with E-state index in [0.29, 0.717) is 35.6 Å². The number of carbonyl (C=O) groups excluding carboxylic acids is 1. The first kappa shape index (κ1) is 23.3. The number of ether oxygens (including phenoxy) is 1. The van der Waals surface area contributed by atoms with Gasteiger partial charge >= 0.3 is 0 Å². The maximum absolute atomic E-state index is 12.7. The van der Waals surface area contributed by atoms with Gasteiger partial charge in [0, 0.05) is 35.7 Å². The third kappa shape index (κ3) is 4.58. The van der Waals surface area contributed by atoms with E-state index < -0.39 is 0 Å². The van der Waals surface area contributed by atoms with Gasteiger partial charge in [0.15, 0.2) is 0 Å². The number of rotatable bonds is 9. The van der Waals surface area contributed by atoms with Gasteiger partial charge in [0.1, 0.15) is 5.65 Å². The predicted octanol–water partition coefficient (Wildman–Crippen LogP) is 4.46. The van der Waals surface area contributed by atoms with Crippen LogP contribution in [-0.2, 0) is 17.8 Å². The fourth-order valence-electron chi connectivity index (χ4n) is 4.79. The fourth-order valence-corrected chi connectivity index (χ4v) is 4.95. The molecule has 0 bridgehead atoms. The maximum atomic E-state index is 12.7. The number of nitrogens with zero attached hydrogens (tertiary/aromatic N) is 6. The van der Waals surface area contributed by atoms with Crippen LogP contribution in [0.25, 0.3) is 11.2 Å². The number of pyridine rings is 2. The third-order valence-electron chi connectivity index (χ3n) is 6.71. The molecule has 2 atom stereocenters. The number of halogens is 1. The first-order chi connectivity index (χ1) is 18.0. The molecule has 9 nitrogen and oxygen atoms in total. The van der Waals surface area contributed by atoms with E-state index in [0.717, 1.165) is 34.7 Å². The van der Waals surface area contributed by atoms with Crippen molar-refractivity contribution >= 4 is 28.7 Å². The summed E-state index contributed by atoms with van der Waals surface area (Å²) in [5.74, 6) is 1.35. The van der Waals surface area contributed by atoms with Crippen LogP contribution in [0, 0.1) is 5.92 Å². The molecular weight excluding hydrogens is 490 g/mol. The summed E-state index contributed by atoms with van der Waals surface area (Å²) in [5, 5.41) is 7.91. The van der Waals surface area contributed by atoms with Gasteiger partial charge in [-0.2, -0.15) is 5.10 Å². The molecule has 1 aliphatic carbocycles. The monoisotopic (exact) mass is 515 g/mol. The Morgan fingerprint density at radius 3 is 3.03 bits per heavy atom. The van der Waals surface area contributed by atoms with E-state index in [2.05, 4.69) is 28.0 Å². The van der Waals surface area contributed by atoms with E-state index in [9.17, 15) is 4.79 Å². The standard InChI is InChI=1S/C27H26ClN7O2/c1-3-37-17(2)22-10-23(22)21-5-4-7-33-14-20(32-26(21)33)15-35-13-18(11-31-35)27(36)29-12-24-25-9-19(28)6-8-34(25)16-30-24/h4-9,11,13-14,16,22-23H,2-3,10,12,15H2,1H3,(H,29,36). The number of imidazole rings is 2. The van der Waals surface area contributed by atoms with E-state index in [1.165, 1.54) is 5.56 Å². The molecule has 0 aliphatic heterocycles. The Labute approximate surface area is 218 Å². The summed E-state index contributed by atoms with van der Waals surface area (Å²) in [7, 11) is 0. The molecule has 0 radical (unpaired) electrons. The van der Waals surface area contributed by atoms with E-state index >= 15 is 0 Å². The number of amides is 1. The van der Waals surface area contributed by atoms with Gasteiger partial charge in [-0.1, -0.05) is 24.2 Å². The molecule has 2 unspecified atom stereocenters. The molecule has 5 aromatic heterocycles. The Kier molecular flexibility index (Phi) is 5.92. The molecular formula is C27H26ClN7O2. The number of nitrogens with one attached hydrogen (secondary N) is 1. The van der Waals surface area contributed by atoms with Crippen LogP contribution in [0.3, 0.4) is 0 Å². The van der Waals surface area contributed by atoms with Crippen LogP contribution in [0.15, 0.2) is 73.9 Å². The van der Waals surface area contributed by atoms with Gasteiger partial charge in [-0.15, -0.1) is 0 Å². The largest absolute Gasteiger partial charge is 0.499 e. The summed E-state index contributed by atoms with van der Waals surface area (Å²) in [6.45, 7) is 7.44. The van der Waals surface area contributed by atoms with Gasteiger partial charge in [-0.3, -0.25) is 9.48 Å². The molecule has 1 aliphatic rings. The third-order valence-corrected chi connectivity index (χ3v) is 6.95. The highest BCUT2D eigenvalue weighted by Gasteiger charge is 2.42. The molecule has 1 N–H and O–H groups in total. The first-order valence-corrected chi connectivity index (χ1v) is 12.6. The molecule has 6 rings (SSSR count). The highest BCUT2D eigenvalue weighted by Crippen LogP contribution is 2.52. The molecule has 0 saturated heterocycles. The molecule has 0 aromatic carbocycles. The van der Waals surface area contributed by atoms with Crippen molar-refractivity contribution in [3.63, 3.8) is 0 Å². The Bertz CT molecular complexity index is 1630. The first-order valence-electron chi connectivity index (χ1n) is 12.2. The number of hydrogen-bond acceptors (Lipinski definition) is 5. The predicted molar refractivity (Wildman–Crippen MR) is 140 cm³/mol. The van der Waals surface area contributed by atoms with Crippen LogP contribution in [0.5, 0.6) is 0 Å². The van der Waals surface area contributed by atoms with Crippen molar-refractivity contribution in [2.24, 2.45) is 5.92 Å². The van der Waals surface area contributed by atoms with Crippen molar-refractivity contribution in [2.45, 2.75) is 32.4 Å². The van der Waals surface area contributed by atoms with Crippen LogP contribution >= 0.6 is 11.6 Å². The second-order valence-electron chi connectivity index (χ2n) is 9.21. The van der Waals surface area contributed by atoms with Gasteiger partial charge in [0.2, 0.25) is 0 Å². The van der Waals surface area contributed by atoms with Crippen molar-refractivity contribution < 1.29 is 9.53 Å². The van der Waals surface area contributed by atoms with Crippen LogP contribution < -0.4 is 5.32 Å². The Balaban J connectivity index is 1.13. The Morgan fingerprint density at radius 1 is 1.27 bits per heavy atom. The maximum Gasteiger partial charge on any atom is 0.254 e. The van der Waals surface area contributed by atoms with E-state index in [-0.39, 0.29) is 12.5 Å². The quantitative estimate of drug-likeness (QED) is 0.293. The number of fused-ring (bicyclic) bond motifs is 2. The van der Waals surface area contributed by atoms with Crippen molar-refractivity contribution in [1.82, 2.24) is 33.9 Å². The summed E-state index contributed by atoms with van der Waals surface area (Å²) >= 11 is 6.10. The highest BCUT2D eigenvalue weighted by molar-refractivity contribution is 6.30. The molecule has 0 spiro atoms. The highest BCUT2D eigenvalue weighted by atomic mass is 35.5. The number of allylic oxidation sites excluding steroid dienone is 1. The Hall–Kier alpha value is -4.11. The summed E-state index contributed by atoms with van der Waals surface area (Å²) < 4.78 is 11.3. The lowest BCUT2D eigenvalue weighted by molar-refractivity contribution is 0.0950. The minimum atomic E-state index is -0.221. The van der Waals surface area contributed by atoms with Crippen LogP contribution in [0.1, 0.15) is 46.6 Å². The minimum absolute atomic E-state index is 0.221. The summed E-state index contributed by atoms with van der Waals surface area (Å²) in [5.41, 5.74) is 5.08. The van der Waals surface area contributed by atoms with Gasteiger partial charge in [0.05, 0.1) is 60.4 Å². The second-order valence-corrected chi connectivity index (χ2v) is 9.65. The van der Waals surface area contributed by atoms with Crippen molar-refractivity contribution in [1.29, 1.82) is 0 Å². The van der Waals surface area contributed by atoms with Gasteiger partial charge < -0.3 is 18.9 Å². The zero-order valence-corrected chi connectivity index (χ0v) is 21.1. The zero-order chi connectivity index (χ0) is 25.5. The van der Waals surface area contributed by atoms with Crippen molar-refractivity contribution in [2.75, 3.05) is 6.61 Å². The lowest BCUT2D eigenvalue weighted by Crippen LogP contribution is -2.22.